The van der Waals surface area contributed by atoms with Crippen LogP contribution in [0.2, 0.25) is 10.0 Å². The Morgan fingerprint density at radius 3 is 2.35 bits per heavy atom. The average Bonchev–Trinajstić information content (AvgIpc) is 3.07. The van der Waals surface area contributed by atoms with E-state index in [-0.39, 0.29) is 24.3 Å². The molecule has 0 bridgehead atoms. The van der Waals surface area contributed by atoms with Gasteiger partial charge >= 0.3 is 0 Å². The Hall–Kier alpha value is -2.20. The minimum absolute atomic E-state index is 0.223. The number of amides is 2. The van der Waals surface area contributed by atoms with Crippen molar-refractivity contribution in [3.8, 4) is 11.5 Å². The van der Waals surface area contributed by atoms with Crippen LogP contribution in [-0.2, 0) is 17.9 Å². The summed E-state index contributed by atoms with van der Waals surface area (Å²) in [5.74, 6) is 0.473. The first-order valence-corrected chi connectivity index (χ1v) is 12.7. The van der Waals surface area contributed by atoms with Crippen molar-refractivity contribution in [2.75, 3.05) is 7.11 Å². The number of halogens is 3. The summed E-state index contributed by atoms with van der Waals surface area (Å²) in [5.41, 5.74) is 2.43. The molecule has 1 fully saturated rings. The van der Waals surface area contributed by atoms with E-state index in [1.165, 1.54) is 12.0 Å². The molecule has 0 aliphatic carbocycles. The summed E-state index contributed by atoms with van der Waals surface area (Å²) in [6.07, 6.45) is 1.64. The molecule has 4 rings (SSSR count). The van der Waals surface area contributed by atoms with Crippen molar-refractivity contribution in [1.29, 1.82) is 0 Å². The molecule has 5 nitrogen and oxygen atoms in total. The largest absolute Gasteiger partial charge is 0.493 e. The summed E-state index contributed by atoms with van der Waals surface area (Å²) in [5, 5.41) is 0.667. The van der Waals surface area contributed by atoms with Crippen molar-refractivity contribution < 1.29 is 19.1 Å². The molecule has 9 heteroatoms. The fraction of sp³-hybridized carbons (Fsp3) is 0.120. The summed E-state index contributed by atoms with van der Waals surface area (Å²) in [6.45, 7) is 0.504. The lowest BCUT2D eigenvalue weighted by Crippen LogP contribution is -2.27. The summed E-state index contributed by atoms with van der Waals surface area (Å²) in [4.78, 5) is 26.9. The van der Waals surface area contributed by atoms with Gasteiger partial charge in [-0.25, -0.2) is 0 Å². The predicted octanol–water partition coefficient (Wildman–Crippen LogP) is 7.42. The van der Waals surface area contributed by atoms with Gasteiger partial charge in [-0.2, -0.15) is 0 Å². The van der Waals surface area contributed by atoms with Crippen molar-refractivity contribution >= 4 is 74.8 Å². The smallest absolute Gasteiger partial charge is 0.293 e. The van der Waals surface area contributed by atoms with E-state index in [0.29, 0.717) is 32.0 Å². The molecule has 0 saturated carbocycles. The molecular formula is C25H18Cl2INO4S. The van der Waals surface area contributed by atoms with Crippen molar-refractivity contribution in [2.24, 2.45) is 0 Å². The number of hydrogen-bond acceptors (Lipinski definition) is 5. The van der Waals surface area contributed by atoms with Crippen LogP contribution in [0.5, 0.6) is 11.5 Å². The van der Waals surface area contributed by atoms with Gasteiger partial charge in [0.1, 0.15) is 6.61 Å². The molecule has 0 unspecified atom stereocenters. The lowest BCUT2D eigenvalue weighted by Gasteiger charge is -2.14. The number of rotatable bonds is 7. The van der Waals surface area contributed by atoms with Crippen molar-refractivity contribution in [2.45, 2.75) is 13.2 Å². The van der Waals surface area contributed by atoms with E-state index < -0.39 is 0 Å². The van der Waals surface area contributed by atoms with E-state index in [4.69, 9.17) is 32.7 Å². The van der Waals surface area contributed by atoms with E-state index in [1.807, 2.05) is 36.4 Å². The molecule has 174 valence electrons. The van der Waals surface area contributed by atoms with Gasteiger partial charge in [-0.3, -0.25) is 14.5 Å². The molecule has 0 N–H and O–H groups in total. The number of benzene rings is 3. The standard InChI is InChI=1S/C25H18Cl2INO4S/c1-32-21-11-17(10-20(27)23(21)33-14-16-2-6-18(26)7-3-16)12-22-24(30)29(25(31)34-22)13-15-4-8-19(28)9-5-15/h2-12H,13-14H2,1H3/b22-12-. The fourth-order valence-electron chi connectivity index (χ4n) is 3.26. The highest BCUT2D eigenvalue weighted by Gasteiger charge is 2.35. The van der Waals surface area contributed by atoms with Crippen LogP contribution in [0.1, 0.15) is 16.7 Å². The highest BCUT2D eigenvalue weighted by atomic mass is 127. The molecule has 2 amide bonds. The molecular weight excluding hydrogens is 608 g/mol. The van der Waals surface area contributed by atoms with Gasteiger partial charge in [-0.05, 0) is 93.5 Å². The van der Waals surface area contributed by atoms with Crippen molar-refractivity contribution in [3.63, 3.8) is 0 Å². The van der Waals surface area contributed by atoms with Gasteiger partial charge in [0, 0.05) is 8.59 Å². The molecule has 1 aliphatic rings. The Balaban J connectivity index is 1.52. The maximum atomic E-state index is 12.9. The number of ether oxygens (including phenoxy) is 2. The Kier molecular flexibility index (Phi) is 8.08. The second-order valence-electron chi connectivity index (χ2n) is 7.34. The third-order valence-corrected chi connectivity index (χ3v) is 7.13. The minimum atomic E-state index is -0.341. The molecule has 0 atom stereocenters. The molecule has 1 aliphatic heterocycles. The molecule has 1 saturated heterocycles. The quantitative estimate of drug-likeness (QED) is 0.202. The fourth-order valence-corrected chi connectivity index (χ4v) is 4.86. The van der Waals surface area contributed by atoms with Crippen molar-refractivity contribution in [3.05, 3.63) is 95.9 Å². The zero-order valence-corrected chi connectivity index (χ0v) is 22.4. The summed E-state index contributed by atoms with van der Waals surface area (Å²) >= 11 is 15.5. The highest BCUT2D eigenvalue weighted by Crippen LogP contribution is 2.39. The van der Waals surface area contributed by atoms with Gasteiger partial charge in [0.2, 0.25) is 0 Å². The Morgan fingerprint density at radius 2 is 1.68 bits per heavy atom. The van der Waals surface area contributed by atoms with E-state index in [2.05, 4.69) is 22.6 Å². The minimum Gasteiger partial charge on any atom is -0.493 e. The Labute approximate surface area is 225 Å². The SMILES string of the molecule is COc1cc(/C=C2\SC(=O)N(Cc3ccc(I)cc3)C2=O)cc(Cl)c1OCc1ccc(Cl)cc1. The molecule has 1 heterocycles. The maximum absolute atomic E-state index is 12.9. The first-order valence-electron chi connectivity index (χ1n) is 10.1. The molecule has 34 heavy (non-hydrogen) atoms. The zero-order valence-electron chi connectivity index (χ0n) is 17.9. The van der Waals surface area contributed by atoms with Crippen LogP contribution >= 0.6 is 57.6 Å². The lowest BCUT2D eigenvalue weighted by molar-refractivity contribution is -0.123. The van der Waals surface area contributed by atoms with Gasteiger partial charge in [0.15, 0.2) is 11.5 Å². The van der Waals surface area contributed by atoms with Crippen LogP contribution in [0.3, 0.4) is 0 Å². The average molecular weight is 626 g/mol. The van der Waals surface area contributed by atoms with Crippen LogP contribution in [0.25, 0.3) is 6.08 Å². The van der Waals surface area contributed by atoms with E-state index in [1.54, 1.807) is 30.3 Å². The predicted molar refractivity (Wildman–Crippen MR) is 144 cm³/mol. The third-order valence-electron chi connectivity index (χ3n) is 4.97. The van der Waals surface area contributed by atoms with Crippen LogP contribution in [0.15, 0.2) is 65.6 Å². The molecule has 3 aromatic rings. The van der Waals surface area contributed by atoms with Gasteiger partial charge in [0.25, 0.3) is 11.1 Å². The van der Waals surface area contributed by atoms with E-state index >= 15 is 0 Å². The van der Waals surface area contributed by atoms with Gasteiger partial charge < -0.3 is 9.47 Å². The van der Waals surface area contributed by atoms with Crippen molar-refractivity contribution in [1.82, 2.24) is 4.90 Å². The third kappa shape index (κ3) is 5.89. The number of imide groups is 1. The van der Waals surface area contributed by atoms with Crippen LogP contribution in [-0.4, -0.2) is 23.2 Å². The highest BCUT2D eigenvalue weighted by molar-refractivity contribution is 14.1. The maximum Gasteiger partial charge on any atom is 0.293 e. The topological polar surface area (TPSA) is 55.8 Å². The van der Waals surface area contributed by atoms with Gasteiger partial charge in [0.05, 0.1) is 23.6 Å². The summed E-state index contributed by atoms with van der Waals surface area (Å²) in [6, 6.07) is 18.4. The lowest BCUT2D eigenvalue weighted by atomic mass is 10.1. The number of carbonyl (C=O) groups is 2. The van der Waals surface area contributed by atoms with E-state index in [0.717, 1.165) is 26.5 Å². The number of carbonyl (C=O) groups excluding carboxylic acids is 2. The number of hydrogen-bond donors (Lipinski definition) is 0. The monoisotopic (exact) mass is 625 g/mol. The summed E-state index contributed by atoms with van der Waals surface area (Å²) < 4.78 is 12.4. The zero-order chi connectivity index (χ0) is 24.2. The first-order chi connectivity index (χ1) is 16.3. The van der Waals surface area contributed by atoms with E-state index in [9.17, 15) is 9.59 Å². The van der Waals surface area contributed by atoms with Crippen LogP contribution < -0.4 is 9.47 Å². The summed E-state index contributed by atoms with van der Waals surface area (Å²) in [7, 11) is 1.51. The van der Waals surface area contributed by atoms with Gasteiger partial charge in [-0.1, -0.05) is 47.5 Å². The second-order valence-corrected chi connectivity index (χ2v) is 10.4. The van der Waals surface area contributed by atoms with Crippen LogP contribution in [0, 0.1) is 3.57 Å². The normalized spacial score (nSPS) is 14.7. The Bertz CT molecular complexity index is 1260. The molecule has 0 spiro atoms. The number of thioether (sulfide) groups is 1. The second kappa shape index (κ2) is 11.0. The molecule has 0 aromatic heterocycles. The number of methoxy groups -OCH3 is 1. The first kappa shape index (κ1) is 24.9. The molecule has 3 aromatic carbocycles. The van der Waals surface area contributed by atoms with Gasteiger partial charge in [-0.15, -0.1) is 0 Å². The molecule has 0 radical (unpaired) electrons. The van der Waals surface area contributed by atoms with Crippen LogP contribution in [0.4, 0.5) is 4.79 Å². The Morgan fingerprint density at radius 1 is 1.00 bits per heavy atom. The number of nitrogens with zero attached hydrogens (tertiary/aromatic N) is 1.